The van der Waals surface area contributed by atoms with E-state index in [4.69, 9.17) is 21.1 Å². The van der Waals surface area contributed by atoms with Crippen molar-refractivity contribution in [2.24, 2.45) is 0 Å². The van der Waals surface area contributed by atoms with Crippen molar-refractivity contribution in [3.63, 3.8) is 0 Å². The molecule has 0 saturated carbocycles. The third-order valence-electron chi connectivity index (χ3n) is 3.03. The van der Waals surface area contributed by atoms with Crippen molar-refractivity contribution in [2.45, 2.75) is 13.8 Å². The van der Waals surface area contributed by atoms with Crippen molar-refractivity contribution in [2.75, 3.05) is 6.61 Å². The quantitative estimate of drug-likeness (QED) is 0.631. The van der Waals surface area contributed by atoms with Gasteiger partial charge in [0.2, 0.25) is 0 Å². The van der Waals surface area contributed by atoms with Gasteiger partial charge >= 0.3 is 0 Å². The minimum atomic E-state index is -0.856. The monoisotopic (exact) mass is 386 g/mol. The topological polar surface area (TPSA) is 35.5 Å². The van der Waals surface area contributed by atoms with Gasteiger partial charge in [-0.05, 0) is 26.0 Å². The second-order valence-corrected chi connectivity index (χ2v) is 5.66. The highest BCUT2D eigenvalue weighted by Gasteiger charge is 2.19. The molecule has 0 radical (unpaired) electrons. The van der Waals surface area contributed by atoms with Crippen molar-refractivity contribution < 1.29 is 18.7 Å². The molecule has 2 aromatic carbocycles. The molecular formula is C16H13BrClFO3. The maximum absolute atomic E-state index is 14.2. The zero-order valence-corrected chi connectivity index (χ0v) is 14.3. The number of ether oxygens (including phenoxy) is 2. The lowest BCUT2D eigenvalue weighted by Crippen LogP contribution is -2.01. The Labute approximate surface area is 141 Å². The maximum Gasteiger partial charge on any atom is 0.159 e. The fourth-order valence-electron chi connectivity index (χ4n) is 1.87. The summed E-state index contributed by atoms with van der Waals surface area (Å²) in [6.07, 6.45) is 0.375. The Morgan fingerprint density at radius 3 is 2.68 bits per heavy atom. The highest BCUT2D eigenvalue weighted by Crippen LogP contribution is 2.39. The van der Waals surface area contributed by atoms with Gasteiger partial charge in [-0.1, -0.05) is 33.6 Å². The van der Waals surface area contributed by atoms with Crippen molar-refractivity contribution in [3.8, 4) is 17.2 Å². The number of halogens is 3. The van der Waals surface area contributed by atoms with E-state index in [-0.39, 0.29) is 28.7 Å². The molecule has 116 valence electrons. The van der Waals surface area contributed by atoms with Gasteiger partial charge in [-0.25, -0.2) is 4.39 Å². The fraction of sp³-hybridized carbons (Fsp3) is 0.188. The molecule has 22 heavy (non-hydrogen) atoms. The summed E-state index contributed by atoms with van der Waals surface area (Å²) in [5.74, 6) is -0.140. The molecule has 2 rings (SSSR count). The molecule has 0 atom stereocenters. The number of aldehydes is 1. The molecular weight excluding hydrogens is 375 g/mol. The predicted octanol–water partition coefficient (Wildman–Crippen LogP) is 5.55. The Morgan fingerprint density at radius 1 is 1.32 bits per heavy atom. The molecule has 0 N–H and O–H groups in total. The first-order valence-corrected chi connectivity index (χ1v) is 7.69. The highest BCUT2D eigenvalue weighted by molar-refractivity contribution is 9.10. The van der Waals surface area contributed by atoms with Gasteiger partial charge in [-0.2, -0.15) is 0 Å². The van der Waals surface area contributed by atoms with E-state index in [0.717, 1.165) is 10.0 Å². The Hall–Kier alpha value is -1.59. The van der Waals surface area contributed by atoms with E-state index in [9.17, 15) is 9.18 Å². The molecule has 0 aliphatic carbocycles. The first-order chi connectivity index (χ1) is 10.5. The summed E-state index contributed by atoms with van der Waals surface area (Å²) in [4.78, 5) is 11.0. The van der Waals surface area contributed by atoms with Gasteiger partial charge < -0.3 is 9.47 Å². The summed E-state index contributed by atoms with van der Waals surface area (Å²) in [5, 5.41) is -0.259. The van der Waals surface area contributed by atoms with Gasteiger partial charge in [0.25, 0.3) is 0 Å². The number of hydrogen-bond acceptors (Lipinski definition) is 3. The SMILES string of the molecule is CCOc1cc(Oc2cccc(Br)c2C)c(Cl)c(F)c1C=O. The normalized spacial score (nSPS) is 10.4. The van der Waals surface area contributed by atoms with E-state index in [2.05, 4.69) is 15.9 Å². The molecule has 3 nitrogen and oxygen atoms in total. The van der Waals surface area contributed by atoms with Crippen LogP contribution in [0.3, 0.4) is 0 Å². The zero-order valence-electron chi connectivity index (χ0n) is 12.0. The summed E-state index contributed by atoms with van der Waals surface area (Å²) in [5.41, 5.74) is 0.626. The predicted molar refractivity (Wildman–Crippen MR) is 86.9 cm³/mol. The van der Waals surface area contributed by atoms with Crippen molar-refractivity contribution >= 4 is 33.8 Å². The van der Waals surface area contributed by atoms with Gasteiger partial charge in [0.15, 0.2) is 17.9 Å². The van der Waals surface area contributed by atoms with Crippen molar-refractivity contribution in [3.05, 3.63) is 50.7 Å². The van der Waals surface area contributed by atoms with E-state index >= 15 is 0 Å². The van der Waals surface area contributed by atoms with E-state index in [1.807, 2.05) is 13.0 Å². The van der Waals surface area contributed by atoms with Crippen LogP contribution in [0.5, 0.6) is 17.2 Å². The second kappa shape index (κ2) is 7.11. The molecule has 0 spiro atoms. The third kappa shape index (κ3) is 3.25. The van der Waals surface area contributed by atoms with Gasteiger partial charge in [0.05, 0.1) is 12.2 Å². The smallest absolute Gasteiger partial charge is 0.159 e. The first-order valence-electron chi connectivity index (χ1n) is 6.52. The molecule has 0 aromatic heterocycles. The average molecular weight is 388 g/mol. The van der Waals surface area contributed by atoms with Crippen molar-refractivity contribution in [1.82, 2.24) is 0 Å². The zero-order chi connectivity index (χ0) is 16.3. The lowest BCUT2D eigenvalue weighted by Gasteiger charge is -2.15. The van der Waals surface area contributed by atoms with Gasteiger partial charge in [0, 0.05) is 16.1 Å². The van der Waals surface area contributed by atoms with Crippen LogP contribution in [0.2, 0.25) is 5.02 Å². The van der Waals surface area contributed by atoms with Crippen LogP contribution in [0.25, 0.3) is 0 Å². The molecule has 2 aromatic rings. The Balaban J connectivity index is 2.51. The molecule has 0 unspecified atom stereocenters. The molecule has 0 bridgehead atoms. The Bertz CT molecular complexity index is 719. The third-order valence-corrected chi connectivity index (χ3v) is 4.24. The molecule has 6 heteroatoms. The summed E-state index contributed by atoms with van der Waals surface area (Å²) >= 11 is 9.36. The van der Waals surface area contributed by atoms with E-state index < -0.39 is 5.82 Å². The van der Waals surface area contributed by atoms with Crippen LogP contribution in [0.1, 0.15) is 22.8 Å². The summed E-state index contributed by atoms with van der Waals surface area (Å²) in [6, 6.07) is 6.81. The number of carbonyl (C=O) groups excluding carboxylic acids is 1. The van der Waals surface area contributed by atoms with E-state index in [1.165, 1.54) is 6.07 Å². The standard InChI is InChI=1S/C16H13BrClFO3/c1-3-21-13-7-14(15(18)16(19)10(13)8-20)22-12-6-4-5-11(17)9(12)2/h4-8H,3H2,1-2H3. The van der Waals surface area contributed by atoms with E-state index in [1.54, 1.807) is 19.1 Å². The largest absolute Gasteiger partial charge is 0.493 e. The minimum Gasteiger partial charge on any atom is -0.493 e. The van der Waals surface area contributed by atoms with Crippen LogP contribution in [0.15, 0.2) is 28.7 Å². The number of rotatable bonds is 5. The Kier molecular flexibility index (Phi) is 5.42. The summed E-state index contributed by atoms with van der Waals surface area (Å²) < 4.78 is 26.0. The molecule has 0 amide bonds. The molecule has 0 fully saturated rings. The molecule has 0 saturated heterocycles. The molecule has 0 aliphatic heterocycles. The highest BCUT2D eigenvalue weighted by atomic mass is 79.9. The fourth-order valence-corrected chi connectivity index (χ4v) is 2.41. The molecule has 0 aliphatic rings. The van der Waals surface area contributed by atoms with Crippen molar-refractivity contribution in [1.29, 1.82) is 0 Å². The van der Waals surface area contributed by atoms with Gasteiger partial charge in [-0.15, -0.1) is 0 Å². The van der Waals surface area contributed by atoms with Crippen LogP contribution < -0.4 is 9.47 Å². The molecule has 0 heterocycles. The van der Waals surface area contributed by atoms with Crippen LogP contribution in [0, 0.1) is 12.7 Å². The van der Waals surface area contributed by atoms with Gasteiger partial charge in [-0.3, -0.25) is 4.79 Å². The lowest BCUT2D eigenvalue weighted by atomic mass is 10.2. The average Bonchev–Trinajstić information content (AvgIpc) is 2.49. The number of benzene rings is 2. The minimum absolute atomic E-state index is 0.0921. The number of hydrogen-bond donors (Lipinski definition) is 0. The summed E-state index contributed by atoms with van der Waals surface area (Å²) in [7, 11) is 0. The Morgan fingerprint density at radius 2 is 2.05 bits per heavy atom. The van der Waals surface area contributed by atoms with Crippen LogP contribution in [0.4, 0.5) is 4.39 Å². The van der Waals surface area contributed by atoms with Crippen LogP contribution in [-0.2, 0) is 0 Å². The first kappa shape index (κ1) is 16.8. The van der Waals surface area contributed by atoms with E-state index in [0.29, 0.717) is 12.0 Å². The van der Waals surface area contributed by atoms with Gasteiger partial charge in [0.1, 0.15) is 16.5 Å². The lowest BCUT2D eigenvalue weighted by molar-refractivity contribution is 0.111. The summed E-state index contributed by atoms with van der Waals surface area (Å²) in [6.45, 7) is 3.88. The maximum atomic E-state index is 14.2. The van der Waals surface area contributed by atoms with Crippen LogP contribution in [-0.4, -0.2) is 12.9 Å². The second-order valence-electron chi connectivity index (χ2n) is 4.43. The number of carbonyl (C=O) groups is 1. The van der Waals surface area contributed by atoms with Crippen LogP contribution >= 0.6 is 27.5 Å².